The van der Waals surface area contributed by atoms with Gasteiger partial charge in [0, 0.05) is 43.3 Å². The molecule has 3 heterocycles. The van der Waals surface area contributed by atoms with E-state index in [4.69, 9.17) is 4.74 Å². The Morgan fingerprint density at radius 1 is 1.27 bits per heavy atom. The number of thiazole rings is 1. The number of rotatable bonds is 3. The zero-order valence-electron chi connectivity index (χ0n) is 14.3. The van der Waals surface area contributed by atoms with Crippen molar-refractivity contribution in [1.29, 1.82) is 0 Å². The summed E-state index contributed by atoms with van der Waals surface area (Å²) in [7, 11) is 0. The SMILES string of the molecule is CC1CN(Cc2ncc(C(C)(C)C)s2)CC1N1CCOCC1. The Labute approximate surface area is 138 Å². The van der Waals surface area contributed by atoms with Crippen LogP contribution < -0.4 is 0 Å². The van der Waals surface area contributed by atoms with Crippen LogP contribution in [0, 0.1) is 5.92 Å². The number of hydrogen-bond acceptors (Lipinski definition) is 5. The fraction of sp³-hybridized carbons (Fsp3) is 0.824. The molecule has 0 aromatic carbocycles. The monoisotopic (exact) mass is 323 g/mol. The summed E-state index contributed by atoms with van der Waals surface area (Å²) in [5, 5.41) is 1.26. The van der Waals surface area contributed by atoms with Gasteiger partial charge in [-0.2, -0.15) is 0 Å². The van der Waals surface area contributed by atoms with Crippen molar-refractivity contribution < 1.29 is 4.74 Å². The molecule has 2 atom stereocenters. The standard InChI is InChI=1S/C17H29N3OS/c1-13-10-19(11-14(13)20-5-7-21-8-6-20)12-16-18-9-15(22-16)17(2,3)4/h9,13-14H,5-8,10-12H2,1-4H3. The quantitative estimate of drug-likeness (QED) is 0.855. The van der Waals surface area contributed by atoms with E-state index < -0.39 is 0 Å². The minimum absolute atomic E-state index is 0.213. The van der Waals surface area contributed by atoms with Gasteiger partial charge in [0.2, 0.25) is 0 Å². The molecule has 0 radical (unpaired) electrons. The Balaban J connectivity index is 1.59. The Morgan fingerprint density at radius 2 is 2.00 bits per heavy atom. The van der Waals surface area contributed by atoms with Crippen LogP contribution in [0.1, 0.15) is 37.6 Å². The molecule has 1 aromatic heterocycles. The third-order valence-corrected chi connectivity index (χ3v) is 6.22. The minimum Gasteiger partial charge on any atom is -0.379 e. The molecule has 1 aromatic rings. The highest BCUT2D eigenvalue weighted by Crippen LogP contribution is 2.30. The Hall–Kier alpha value is -0.490. The summed E-state index contributed by atoms with van der Waals surface area (Å²) in [5.41, 5.74) is 0.213. The van der Waals surface area contributed by atoms with Crippen molar-refractivity contribution in [3.8, 4) is 0 Å². The molecule has 0 aliphatic carbocycles. The van der Waals surface area contributed by atoms with Gasteiger partial charge < -0.3 is 4.74 Å². The molecule has 0 saturated carbocycles. The minimum atomic E-state index is 0.213. The van der Waals surface area contributed by atoms with E-state index in [0.29, 0.717) is 6.04 Å². The largest absolute Gasteiger partial charge is 0.379 e. The molecule has 2 fully saturated rings. The van der Waals surface area contributed by atoms with Gasteiger partial charge in [-0.05, 0) is 11.3 Å². The number of likely N-dealkylation sites (tertiary alicyclic amines) is 1. The second kappa shape index (κ2) is 6.56. The van der Waals surface area contributed by atoms with E-state index in [2.05, 4.69) is 48.7 Å². The van der Waals surface area contributed by atoms with E-state index in [1.807, 2.05) is 11.3 Å². The highest BCUT2D eigenvalue weighted by molar-refractivity contribution is 7.11. The van der Waals surface area contributed by atoms with Crippen molar-refractivity contribution >= 4 is 11.3 Å². The number of hydrogen-bond donors (Lipinski definition) is 0. The van der Waals surface area contributed by atoms with Crippen molar-refractivity contribution in [2.45, 2.75) is 45.7 Å². The molecule has 22 heavy (non-hydrogen) atoms. The van der Waals surface area contributed by atoms with Crippen LogP contribution in [0.2, 0.25) is 0 Å². The third kappa shape index (κ3) is 3.70. The molecular weight excluding hydrogens is 294 g/mol. The fourth-order valence-corrected chi connectivity index (χ4v) is 4.50. The predicted octanol–water partition coefficient (Wildman–Crippen LogP) is 2.59. The molecule has 4 nitrogen and oxygen atoms in total. The molecule has 0 bridgehead atoms. The molecule has 2 unspecified atom stereocenters. The first-order chi connectivity index (χ1) is 10.4. The summed E-state index contributed by atoms with van der Waals surface area (Å²) in [6.45, 7) is 16.5. The van der Waals surface area contributed by atoms with Gasteiger partial charge in [0.25, 0.3) is 0 Å². The molecular formula is C17H29N3OS. The maximum absolute atomic E-state index is 5.49. The van der Waals surface area contributed by atoms with Crippen LogP contribution in [-0.4, -0.2) is 60.2 Å². The van der Waals surface area contributed by atoms with Crippen LogP contribution in [0.5, 0.6) is 0 Å². The second-order valence-corrected chi connectivity index (χ2v) is 8.87. The van der Waals surface area contributed by atoms with Gasteiger partial charge in [-0.3, -0.25) is 9.80 Å². The average molecular weight is 324 g/mol. The summed E-state index contributed by atoms with van der Waals surface area (Å²) in [5.74, 6) is 0.736. The van der Waals surface area contributed by atoms with Gasteiger partial charge in [0.15, 0.2) is 0 Å². The van der Waals surface area contributed by atoms with Gasteiger partial charge in [0.05, 0.1) is 19.8 Å². The topological polar surface area (TPSA) is 28.6 Å². The summed E-state index contributed by atoms with van der Waals surface area (Å²) in [6, 6.07) is 0.686. The van der Waals surface area contributed by atoms with Crippen molar-refractivity contribution in [3.63, 3.8) is 0 Å². The van der Waals surface area contributed by atoms with Crippen LogP contribution in [-0.2, 0) is 16.7 Å². The van der Waals surface area contributed by atoms with Crippen molar-refractivity contribution in [1.82, 2.24) is 14.8 Å². The fourth-order valence-electron chi connectivity index (χ4n) is 3.48. The van der Waals surface area contributed by atoms with E-state index in [9.17, 15) is 0 Å². The summed E-state index contributed by atoms with van der Waals surface area (Å²) in [6.07, 6.45) is 2.07. The lowest BCUT2D eigenvalue weighted by Crippen LogP contribution is -2.46. The van der Waals surface area contributed by atoms with Crippen molar-refractivity contribution in [3.05, 3.63) is 16.1 Å². The average Bonchev–Trinajstić information content (AvgIpc) is 3.07. The maximum Gasteiger partial charge on any atom is 0.107 e. The van der Waals surface area contributed by atoms with Gasteiger partial charge in [-0.1, -0.05) is 27.7 Å². The number of aromatic nitrogens is 1. The molecule has 0 spiro atoms. The predicted molar refractivity (Wildman–Crippen MR) is 91.4 cm³/mol. The summed E-state index contributed by atoms with van der Waals surface area (Å²) >= 11 is 1.88. The molecule has 2 aliphatic heterocycles. The van der Waals surface area contributed by atoms with Gasteiger partial charge in [0.1, 0.15) is 5.01 Å². The molecule has 2 saturated heterocycles. The first-order valence-electron chi connectivity index (χ1n) is 8.43. The van der Waals surface area contributed by atoms with E-state index in [1.54, 1.807) is 0 Å². The number of nitrogens with zero attached hydrogens (tertiary/aromatic N) is 3. The number of ether oxygens (including phenoxy) is 1. The van der Waals surface area contributed by atoms with Gasteiger partial charge >= 0.3 is 0 Å². The molecule has 3 rings (SSSR count). The van der Waals surface area contributed by atoms with E-state index >= 15 is 0 Å². The smallest absolute Gasteiger partial charge is 0.107 e. The third-order valence-electron chi connectivity index (χ3n) is 4.81. The van der Waals surface area contributed by atoms with Crippen LogP contribution in [0.25, 0.3) is 0 Å². The molecule has 124 valence electrons. The first-order valence-corrected chi connectivity index (χ1v) is 9.24. The zero-order chi connectivity index (χ0) is 15.7. The van der Waals surface area contributed by atoms with Crippen LogP contribution in [0.4, 0.5) is 0 Å². The molecule has 5 heteroatoms. The van der Waals surface area contributed by atoms with E-state index in [0.717, 1.165) is 38.8 Å². The Bertz CT molecular complexity index is 490. The second-order valence-electron chi connectivity index (χ2n) is 7.76. The lowest BCUT2D eigenvalue weighted by atomic mass is 9.96. The van der Waals surface area contributed by atoms with Crippen LogP contribution in [0.3, 0.4) is 0 Å². The zero-order valence-corrected chi connectivity index (χ0v) is 15.2. The summed E-state index contributed by atoms with van der Waals surface area (Å²) < 4.78 is 5.49. The lowest BCUT2D eigenvalue weighted by Gasteiger charge is -2.34. The molecule has 0 amide bonds. The van der Waals surface area contributed by atoms with Crippen LogP contribution in [0.15, 0.2) is 6.20 Å². The Kier molecular flexibility index (Phi) is 4.88. The first kappa shape index (κ1) is 16.4. The van der Waals surface area contributed by atoms with E-state index in [1.165, 1.54) is 23.0 Å². The summed E-state index contributed by atoms with van der Waals surface area (Å²) in [4.78, 5) is 11.2. The van der Waals surface area contributed by atoms with Crippen LogP contribution >= 0.6 is 11.3 Å². The van der Waals surface area contributed by atoms with Crippen molar-refractivity contribution in [2.75, 3.05) is 39.4 Å². The maximum atomic E-state index is 5.49. The van der Waals surface area contributed by atoms with Crippen molar-refractivity contribution in [2.24, 2.45) is 5.92 Å². The Morgan fingerprint density at radius 3 is 2.64 bits per heavy atom. The normalized spacial score (nSPS) is 28.4. The molecule has 2 aliphatic rings. The van der Waals surface area contributed by atoms with E-state index in [-0.39, 0.29) is 5.41 Å². The molecule has 0 N–H and O–H groups in total. The van der Waals surface area contributed by atoms with Gasteiger partial charge in [-0.15, -0.1) is 11.3 Å². The number of morpholine rings is 1. The lowest BCUT2D eigenvalue weighted by molar-refractivity contribution is 0.0118. The highest BCUT2D eigenvalue weighted by Gasteiger charge is 2.34. The highest BCUT2D eigenvalue weighted by atomic mass is 32.1. The van der Waals surface area contributed by atoms with Gasteiger partial charge in [-0.25, -0.2) is 4.98 Å².